The van der Waals surface area contributed by atoms with E-state index < -0.39 is 0 Å². The molecule has 1 rings (SSSR count). The summed E-state index contributed by atoms with van der Waals surface area (Å²) in [6.45, 7) is 5.09. The molecule has 0 aliphatic carbocycles. The summed E-state index contributed by atoms with van der Waals surface area (Å²) in [7, 11) is 0. The first-order valence-electron chi connectivity index (χ1n) is 5.41. The van der Waals surface area contributed by atoms with E-state index in [-0.39, 0.29) is 12.1 Å². The molecule has 0 aromatic rings. The Morgan fingerprint density at radius 1 is 1.57 bits per heavy atom. The van der Waals surface area contributed by atoms with Crippen LogP contribution >= 0.6 is 0 Å². The van der Waals surface area contributed by atoms with Crippen LogP contribution < -0.4 is 0 Å². The summed E-state index contributed by atoms with van der Waals surface area (Å²) in [5, 5.41) is 0. The van der Waals surface area contributed by atoms with Crippen LogP contribution in [0.25, 0.3) is 0 Å². The largest absolute Gasteiger partial charge is 0.353 e. The third-order valence-electron chi connectivity index (χ3n) is 2.34. The van der Waals surface area contributed by atoms with Crippen molar-refractivity contribution in [1.82, 2.24) is 0 Å². The zero-order chi connectivity index (χ0) is 10.4. The molecule has 0 N–H and O–H groups in total. The van der Waals surface area contributed by atoms with Crippen LogP contribution in [-0.4, -0.2) is 25.3 Å². The van der Waals surface area contributed by atoms with Gasteiger partial charge in [-0.15, -0.1) is 0 Å². The third kappa shape index (κ3) is 4.72. The molecule has 2 atom stereocenters. The van der Waals surface area contributed by atoms with Gasteiger partial charge in [-0.05, 0) is 32.1 Å². The van der Waals surface area contributed by atoms with Gasteiger partial charge in [-0.25, -0.2) is 0 Å². The van der Waals surface area contributed by atoms with E-state index in [1.54, 1.807) is 6.92 Å². The molecule has 3 nitrogen and oxygen atoms in total. The van der Waals surface area contributed by atoms with Gasteiger partial charge >= 0.3 is 0 Å². The predicted octanol–water partition coefficient (Wildman–Crippen LogP) is 2.14. The number of rotatable bonds is 5. The van der Waals surface area contributed by atoms with Crippen LogP contribution in [0.4, 0.5) is 0 Å². The molecular formula is C11H20O3. The molecule has 0 spiro atoms. The lowest BCUT2D eigenvalue weighted by atomic mass is 10.1. The molecule has 1 aliphatic rings. The van der Waals surface area contributed by atoms with Crippen molar-refractivity contribution in [3.8, 4) is 0 Å². The molecule has 0 radical (unpaired) electrons. The highest BCUT2D eigenvalue weighted by molar-refractivity contribution is 5.75. The molecule has 0 aromatic carbocycles. The Balaban J connectivity index is 2.09. The van der Waals surface area contributed by atoms with E-state index >= 15 is 0 Å². The molecule has 0 amide bonds. The number of ketones is 1. The summed E-state index contributed by atoms with van der Waals surface area (Å²) in [4.78, 5) is 10.8. The van der Waals surface area contributed by atoms with Crippen LogP contribution in [0.5, 0.6) is 0 Å². The lowest BCUT2D eigenvalue weighted by molar-refractivity contribution is -0.168. The van der Waals surface area contributed by atoms with Crippen LogP contribution in [0, 0.1) is 5.92 Å². The average Bonchev–Trinajstić information content (AvgIpc) is 2.15. The molecule has 0 aromatic heterocycles. The van der Waals surface area contributed by atoms with Crippen LogP contribution in [0.2, 0.25) is 0 Å². The SMILES string of the molecule is CC(=O)C[C@H](C)COC1CCCCO1. The minimum atomic E-state index is -0.0295. The van der Waals surface area contributed by atoms with Gasteiger partial charge in [0.15, 0.2) is 6.29 Å². The lowest BCUT2D eigenvalue weighted by Crippen LogP contribution is -2.24. The molecule has 1 heterocycles. The maximum Gasteiger partial charge on any atom is 0.157 e. The smallest absolute Gasteiger partial charge is 0.157 e. The number of hydrogen-bond acceptors (Lipinski definition) is 3. The molecular weight excluding hydrogens is 180 g/mol. The Morgan fingerprint density at radius 3 is 2.93 bits per heavy atom. The zero-order valence-electron chi connectivity index (χ0n) is 9.12. The maximum absolute atomic E-state index is 10.8. The normalized spacial score (nSPS) is 24.6. The zero-order valence-corrected chi connectivity index (χ0v) is 9.12. The number of carbonyl (C=O) groups is 1. The van der Waals surface area contributed by atoms with E-state index in [0.29, 0.717) is 18.9 Å². The molecule has 1 aliphatic heterocycles. The molecule has 82 valence electrons. The topological polar surface area (TPSA) is 35.5 Å². The lowest BCUT2D eigenvalue weighted by Gasteiger charge is -2.24. The van der Waals surface area contributed by atoms with E-state index in [0.717, 1.165) is 19.4 Å². The molecule has 3 heteroatoms. The summed E-state index contributed by atoms with van der Waals surface area (Å²) < 4.78 is 11.0. The summed E-state index contributed by atoms with van der Waals surface area (Å²) >= 11 is 0. The Labute approximate surface area is 85.8 Å². The Bertz CT molecular complexity index is 173. The minimum absolute atomic E-state index is 0.0295. The monoisotopic (exact) mass is 200 g/mol. The Kier molecular flexibility index (Phi) is 5.12. The number of ether oxygens (including phenoxy) is 2. The number of Topliss-reactive ketones (excluding diaryl/α,β-unsaturated/α-hetero) is 1. The molecule has 0 saturated carbocycles. The summed E-state index contributed by atoms with van der Waals surface area (Å²) in [6.07, 6.45) is 3.90. The molecule has 14 heavy (non-hydrogen) atoms. The molecule has 1 fully saturated rings. The van der Waals surface area contributed by atoms with E-state index in [2.05, 4.69) is 0 Å². The second-order valence-electron chi connectivity index (χ2n) is 4.14. The van der Waals surface area contributed by atoms with Gasteiger partial charge < -0.3 is 14.3 Å². The van der Waals surface area contributed by atoms with E-state index in [1.807, 2.05) is 6.92 Å². The molecule has 1 unspecified atom stereocenters. The van der Waals surface area contributed by atoms with Crippen molar-refractivity contribution in [1.29, 1.82) is 0 Å². The van der Waals surface area contributed by atoms with Crippen molar-refractivity contribution in [2.75, 3.05) is 13.2 Å². The predicted molar refractivity (Wildman–Crippen MR) is 54.0 cm³/mol. The second kappa shape index (κ2) is 6.14. The fourth-order valence-electron chi connectivity index (χ4n) is 1.66. The van der Waals surface area contributed by atoms with Crippen molar-refractivity contribution in [2.24, 2.45) is 5.92 Å². The second-order valence-corrected chi connectivity index (χ2v) is 4.14. The van der Waals surface area contributed by atoms with Gasteiger partial charge in [-0.3, -0.25) is 0 Å². The van der Waals surface area contributed by atoms with Gasteiger partial charge in [-0.1, -0.05) is 6.92 Å². The summed E-state index contributed by atoms with van der Waals surface area (Å²) in [5.41, 5.74) is 0. The number of hydrogen-bond donors (Lipinski definition) is 0. The van der Waals surface area contributed by atoms with E-state index in [1.165, 1.54) is 6.42 Å². The summed E-state index contributed by atoms with van der Waals surface area (Å²) in [6, 6.07) is 0. The van der Waals surface area contributed by atoms with Crippen molar-refractivity contribution in [3.05, 3.63) is 0 Å². The standard InChI is InChI=1S/C11H20O3/c1-9(7-10(2)12)8-14-11-5-3-4-6-13-11/h9,11H,3-8H2,1-2H3/t9-,11?/m0/s1. The van der Waals surface area contributed by atoms with Crippen molar-refractivity contribution >= 4 is 5.78 Å². The first-order valence-corrected chi connectivity index (χ1v) is 5.41. The van der Waals surface area contributed by atoms with Crippen LogP contribution in [-0.2, 0) is 14.3 Å². The van der Waals surface area contributed by atoms with Gasteiger partial charge in [0.25, 0.3) is 0 Å². The summed E-state index contributed by atoms with van der Waals surface area (Å²) in [5.74, 6) is 0.531. The molecule has 1 saturated heterocycles. The minimum Gasteiger partial charge on any atom is -0.353 e. The first-order chi connectivity index (χ1) is 6.68. The van der Waals surface area contributed by atoms with Gasteiger partial charge in [0.05, 0.1) is 6.61 Å². The van der Waals surface area contributed by atoms with Gasteiger partial charge in [0.2, 0.25) is 0 Å². The van der Waals surface area contributed by atoms with Crippen molar-refractivity contribution in [2.45, 2.75) is 45.8 Å². The first kappa shape index (κ1) is 11.7. The van der Waals surface area contributed by atoms with Gasteiger partial charge in [0.1, 0.15) is 5.78 Å². The van der Waals surface area contributed by atoms with Gasteiger partial charge in [0, 0.05) is 13.0 Å². The average molecular weight is 200 g/mol. The highest BCUT2D eigenvalue weighted by Crippen LogP contribution is 2.15. The highest BCUT2D eigenvalue weighted by Gasteiger charge is 2.15. The van der Waals surface area contributed by atoms with Crippen molar-refractivity contribution in [3.63, 3.8) is 0 Å². The molecule has 0 bridgehead atoms. The highest BCUT2D eigenvalue weighted by atomic mass is 16.7. The maximum atomic E-state index is 10.8. The van der Waals surface area contributed by atoms with E-state index in [4.69, 9.17) is 9.47 Å². The fraction of sp³-hybridized carbons (Fsp3) is 0.909. The Morgan fingerprint density at radius 2 is 2.36 bits per heavy atom. The fourth-order valence-corrected chi connectivity index (χ4v) is 1.66. The quantitative estimate of drug-likeness (QED) is 0.682. The van der Waals surface area contributed by atoms with Gasteiger partial charge in [-0.2, -0.15) is 0 Å². The van der Waals surface area contributed by atoms with Crippen LogP contribution in [0.3, 0.4) is 0 Å². The number of carbonyl (C=O) groups excluding carboxylic acids is 1. The van der Waals surface area contributed by atoms with Crippen LogP contribution in [0.15, 0.2) is 0 Å². The third-order valence-corrected chi connectivity index (χ3v) is 2.34. The van der Waals surface area contributed by atoms with Crippen LogP contribution in [0.1, 0.15) is 39.5 Å². The Hall–Kier alpha value is -0.410. The van der Waals surface area contributed by atoms with E-state index in [9.17, 15) is 4.79 Å². The van der Waals surface area contributed by atoms with Crippen molar-refractivity contribution < 1.29 is 14.3 Å².